The van der Waals surface area contributed by atoms with Crippen LogP contribution in [0.1, 0.15) is 5.01 Å². The first-order valence-corrected chi connectivity index (χ1v) is 10.0. The third-order valence-corrected chi connectivity index (χ3v) is 6.92. The second kappa shape index (κ2) is 5.62. The Morgan fingerprint density at radius 2 is 1.56 bits per heavy atom. The van der Waals surface area contributed by atoms with Crippen LogP contribution in [0, 0.1) is 6.92 Å². The third kappa shape index (κ3) is 2.53. The van der Waals surface area contributed by atoms with Crippen LogP contribution in [-0.2, 0) is 0 Å². The van der Waals surface area contributed by atoms with Crippen LogP contribution in [0.4, 0.5) is 10.3 Å². The van der Waals surface area contributed by atoms with E-state index in [0.717, 1.165) is 42.3 Å². The lowest BCUT2D eigenvalue weighted by Gasteiger charge is -1.96. The lowest BCUT2D eigenvalue weighted by Crippen LogP contribution is -1.87. The maximum absolute atomic E-state index is 5.26. The molecule has 3 heterocycles. The number of fused-ring (bicyclic) bond motifs is 4. The van der Waals surface area contributed by atoms with E-state index in [4.69, 9.17) is 9.72 Å². The van der Waals surface area contributed by atoms with Crippen LogP contribution in [0.5, 0.6) is 5.75 Å². The molecule has 0 amide bonds. The van der Waals surface area contributed by atoms with E-state index in [0.29, 0.717) is 0 Å². The smallest absolute Gasteiger partial charge is 0.190 e. The van der Waals surface area contributed by atoms with Crippen molar-refractivity contribution in [1.29, 1.82) is 0 Å². The average Bonchev–Trinajstić information content (AvgIpc) is 3.28. The fourth-order valence-electron chi connectivity index (χ4n) is 2.72. The molecule has 5 nitrogen and oxygen atoms in total. The molecule has 0 fully saturated rings. The summed E-state index contributed by atoms with van der Waals surface area (Å²) in [5, 5.41) is 6.10. The largest absolute Gasteiger partial charge is 0.497 e. The lowest BCUT2D eigenvalue weighted by molar-refractivity contribution is 0.415. The van der Waals surface area contributed by atoms with Gasteiger partial charge in [-0.05, 0) is 31.2 Å². The molecule has 124 valence electrons. The van der Waals surface area contributed by atoms with Gasteiger partial charge in [-0.2, -0.15) is 0 Å². The first-order chi connectivity index (χ1) is 12.2. The number of aromatic nitrogens is 3. The normalized spacial score (nSPS) is 11.6. The van der Waals surface area contributed by atoms with Crippen molar-refractivity contribution in [3.05, 3.63) is 35.3 Å². The molecule has 0 radical (unpaired) electrons. The van der Waals surface area contributed by atoms with E-state index in [1.165, 1.54) is 9.40 Å². The van der Waals surface area contributed by atoms with Gasteiger partial charge in [0.2, 0.25) is 0 Å². The van der Waals surface area contributed by atoms with E-state index < -0.39 is 0 Å². The molecule has 25 heavy (non-hydrogen) atoms. The fourth-order valence-corrected chi connectivity index (χ4v) is 5.63. The Labute approximate surface area is 155 Å². The van der Waals surface area contributed by atoms with Crippen LogP contribution >= 0.6 is 34.0 Å². The minimum absolute atomic E-state index is 0.812. The Kier molecular flexibility index (Phi) is 3.37. The van der Waals surface area contributed by atoms with Crippen LogP contribution in [-0.4, -0.2) is 22.1 Å². The molecule has 0 atom stereocenters. The first-order valence-electron chi connectivity index (χ1n) is 7.58. The van der Waals surface area contributed by atoms with E-state index in [1.807, 2.05) is 37.3 Å². The monoisotopic (exact) mass is 384 g/mol. The zero-order chi connectivity index (χ0) is 17.0. The van der Waals surface area contributed by atoms with E-state index >= 15 is 0 Å². The second-order valence-electron chi connectivity index (χ2n) is 5.49. The van der Waals surface area contributed by atoms with Crippen molar-refractivity contribution in [2.24, 2.45) is 0 Å². The standard InChI is InChI=1S/C17H12N4OS3/c1-8-18-10-4-5-11-15(14(10)23-8)25-17(19-11)21-16-20-12-7-9(22-2)3-6-13(12)24-16/h3-7H,1-2H3,(H,19,20,21). The quantitative estimate of drug-likeness (QED) is 0.440. The molecule has 5 aromatic rings. The summed E-state index contributed by atoms with van der Waals surface area (Å²) in [6, 6.07) is 9.99. The van der Waals surface area contributed by atoms with Crippen LogP contribution in [0.2, 0.25) is 0 Å². The van der Waals surface area contributed by atoms with Gasteiger partial charge in [-0.15, -0.1) is 11.3 Å². The number of nitrogens with one attached hydrogen (secondary N) is 1. The molecule has 0 saturated carbocycles. The van der Waals surface area contributed by atoms with Crippen LogP contribution < -0.4 is 10.1 Å². The maximum Gasteiger partial charge on any atom is 0.190 e. The Hall–Kier alpha value is -2.29. The number of thiazole rings is 3. The van der Waals surface area contributed by atoms with Gasteiger partial charge in [0.1, 0.15) is 5.75 Å². The predicted octanol–water partition coefficient (Wildman–Crippen LogP) is 5.58. The Balaban J connectivity index is 1.56. The average molecular weight is 385 g/mol. The SMILES string of the molecule is COc1ccc2sc(Nc3nc4ccc5nc(C)sc5c4s3)nc2c1. The molecule has 0 unspecified atom stereocenters. The van der Waals surface area contributed by atoms with Crippen molar-refractivity contribution in [1.82, 2.24) is 15.0 Å². The summed E-state index contributed by atoms with van der Waals surface area (Å²) in [7, 11) is 1.66. The lowest BCUT2D eigenvalue weighted by atomic mass is 10.3. The van der Waals surface area contributed by atoms with E-state index in [-0.39, 0.29) is 0 Å². The van der Waals surface area contributed by atoms with Gasteiger partial charge in [0.25, 0.3) is 0 Å². The van der Waals surface area contributed by atoms with Crippen LogP contribution in [0.3, 0.4) is 0 Å². The highest BCUT2D eigenvalue weighted by atomic mass is 32.1. The Bertz CT molecular complexity index is 1240. The van der Waals surface area contributed by atoms with Crippen LogP contribution in [0.25, 0.3) is 30.6 Å². The number of nitrogens with zero attached hydrogens (tertiary/aromatic N) is 3. The minimum Gasteiger partial charge on any atom is -0.497 e. The van der Waals surface area contributed by atoms with E-state index in [1.54, 1.807) is 41.1 Å². The van der Waals surface area contributed by atoms with Gasteiger partial charge in [-0.25, -0.2) is 15.0 Å². The van der Waals surface area contributed by atoms with Crippen molar-refractivity contribution < 1.29 is 4.74 Å². The number of ether oxygens (including phenoxy) is 1. The molecule has 0 bridgehead atoms. The molecular weight excluding hydrogens is 372 g/mol. The number of benzene rings is 2. The topological polar surface area (TPSA) is 59.9 Å². The van der Waals surface area contributed by atoms with Gasteiger partial charge in [-0.3, -0.25) is 0 Å². The Morgan fingerprint density at radius 3 is 2.40 bits per heavy atom. The summed E-state index contributed by atoms with van der Waals surface area (Å²) in [5.41, 5.74) is 2.96. The third-order valence-electron chi connectivity index (χ3n) is 3.83. The van der Waals surface area contributed by atoms with Gasteiger partial charge < -0.3 is 10.1 Å². The molecule has 1 N–H and O–H groups in total. The molecular formula is C17H12N4OS3. The molecule has 0 spiro atoms. The minimum atomic E-state index is 0.812. The molecule has 0 aliphatic rings. The maximum atomic E-state index is 5.26. The van der Waals surface area contributed by atoms with Crippen LogP contribution in [0.15, 0.2) is 30.3 Å². The highest BCUT2D eigenvalue weighted by Gasteiger charge is 2.12. The molecule has 0 saturated heterocycles. The summed E-state index contributed by atoms with van der Waals surface area (Å²) in [4.78, 5) is 13.9. The van der Waals surface area contributed by atoms with Gasteiger partial charge >= 0.3 is 0 Å². The number of hydrogen-bond donors (Lipinski definition) is 1. The zero-order valence-electron chi connectivity index (χ0n) is 13.4. The van der Waals surface area contributed by atoms with Crippen molar-refractivity contribution in [2.75, 3.05) is 12.4 Å². The molecule has 0 aliphatic heterocycles. The number of hydrogen-bond acceptors (Lipinski definition) is 8. The van der Waals surface area contributed by atoms with Gasteiger partial charge in [0.05, 0.1) is 42.8 Å². The molecule has 0 aliphatic carbocycles. The van der Waals surface area contributed by atoms with Crippen molar-refractivity contribution in [3.63, 3.8) is 0 Å². The number of aryl methyl sites for hydroxylation is 1. The number of anilines is 2. The first kappa shape index (κ1) is 15.0. The highest BCUT2D eigenvalue weighted by molar-refractivity contribution is 7.29. The zero-order valence-corrected chi connectivity index (χ0v) is 15.8. The second-order valence-corrected chi connectivity index (χ2v) is 8.72. The van der Waals surface area contributed by atoms with Gasteiger partial charge in [0, 0.05) is 6.07 Å². The summed E-state index contributed by atoms with van der Waals surface area (Å²) in [5.74, 6) is 0.812. The van der Waals surface area contributed by atoms with Crippen molar-refractivity contribution in [2.45, 2.75) is 6.92 Å². The highest BCUT2D eigenvalue weighted by Crippen LogP contribution is 2.38. The van der Waals surface area contributed by atoms with Crippen molar-refractivity contribution in [3.8, 4) is 5.75 Å². The summed E-state index contributed by atoms with van der Waals surface area (Å²) in [6.45, 7) is 2.03. The van der Waals surface area contributed by atoms with E-state index in [2.05, 4.69) is 15.3 Å². The van der Waals surface area contributed by atoms with Crippen molar-refractivity contribution >= 4 is 74.9 Å². The number of rotatable bonds is 3. The number of methoxy groups -OCH3 is 1. The van der Waals surface area contributed by atoms with Gasteiger partial charge in [0.15, 0.2) is 10.3 Å². The summed E-state index contributed by atoms with van der Waals surface area (Å²) < 4.78 is 8.76. The van der Waals surface area contributed by atoms with E-state index in [9.17, 15) is 0 Å². The summed E-state index contributed by atoms with van der Waals surface area (Å²) >= 11 is 4.96. The fraction of sp³-hybridized carbons (Fsp3) is 0.118. The Morgan fingerprint density at radius 1 is 0.840 bits per heavy atom. The molecule has 5 rings (SSSR count). The van der Waals surface area contributed by atoms with Gasteiger partial charge in [-0.1, -0.05) is 22.7 Å². The predicted molar refractivity (Wildman–Crippen MR) is 107 cm³/mol. The molecule has 8 heteroatoms. The molecule has 2 aromatic carbocycles. The molecule has 3 aromatic heterocycles. The summed E-state index contributed by atoms with van der Waals surface area (Å²) in [6.07, 6.45) is 0.